The van der Waals surface area contributed by atoms with Gasteiger partial charge < -0.3 is 4.57 Å². The van der Waals surface area contributed by atoms with Crippen molar-refractivity contribution < 1.29 is 18.0 Å². The van der Waals surface area contributed by atoms with Gasteiger partial charge in [0.2, 0.25) is 5.95 Å². The number of hydrogen-bond acceptors (Lipinski definition) is 6. The third-order valence-electron chi connectivity index (χ3n) is 8.18. The molecule has 4 aromatic heterocycles. The van der Waals surface area contributed by atoms with Crippen LogP contribution in [0.2, 0.25) is 0 Å². The predicted molar refractivity (Wildman–Crippen MR) is 162 cm³/mol. The van der Waals surface area contributed by atoms with Crippen LogP contribution in [0.25, 0.3) is 28.3 Å². The van der Waals surface area contributed by atoms with Gasteiger partial charge in [-0.3, -0.25) is 9.69 Å². The summed E-state index contributed by atoms with van der Waals surface area (Å²) in [6.07, 6.45) is 6.52. The number of ketones is 1. The standard InChI is InChI=1S/C34H28F3N7O/c35-25-5-1-22(2-6-25)19-42-15-12-28(13-16-42)43-21-39-33(23-3-7-26(36)8-4-23)34(43)29-9-10-32-40-27(20-44(32)41-29)18-30(45)24-11-14-38-31(37)17-24/h1-11,14,17,20-21,28H,12-13,15-16,18-19H2. The molecule has 0 bridgehead atoms. The summed E-state index contributed by atoms with van der Waals surface area (Å²) in [5, 5.41) is 4.87. The molecule has 7 rings (SSSR count). The average Bonchev–Trinajstić information content (AvgIpc) is 3.67. The van der Waals surface area contributed by atoms with Crippen LogP contribution in [0.1, 0.15) is 40.5 Å². The molecule has 6 aromatic rings. The number of imidazole rings is 2. The molecule has 1 fully saturated rings. The Hall–Kier alpha value is -5.16. The molecule has 8 nitrogen and oxygen atoms in total. The first-order valence-electron chi connectivity index (χ1n) is 14.7. The summed E-state index contributed by atoms with van der Waals surface area (Å²) < 4.78 is 44.5. The fraction of sp³-hybridized carbons (Fsp3) is 0.206. The molecule has 0 unspecified atom stereocenters. The van der Waals surface area contributed by atoms with E-state index in [0.29, 0.717) is 22.7 Å². The number of benzene rings is 2. The third-order valence-corrected chi connectivity index (χ3v) is 8.18. The minimum Gasteiger partial charge on any atom is -0.326 e. The number of hydrogen-bond donors (Lipinski definition) is 0. The van der Waals surface area contributed by atoms with E-state index in [-0.39, 0.29) is 35.4 Å². The van der Waals surface area contributed by atoms with Gasteiger partial charge in [-0.15, -0.1) is 0 Å². The highest BCUT2D eigenvalue weighted by Crippen LogP contribution is 2.35. The number of fused-ring (bicyclic) bond motifs is 1. The van der Waals surface area contributed by atoms with E-state index in [9.17, 15) is 18.0 Å². The Labute approximate surface area is 256 Å². The molecule has 0 saturated carbocycles. The number of carbonyl (C=O) groups is 1. The fourth-order valence-corrected chi connectivity index (χ4v) is 5.90. The zero-order chi connectivity index (χ0) is 30.9. The predicted octanol–water partition coefficient (Wildman–Crippen LogP) is 6.33. The minimum atomic E-state index is -0.714. The summed E-state index contributed by atoms with van der Waals surface area (Å²) in [7, 11) is 0. The van der Waals surface area contributed by atoms with E-state index < -0.39 is 5.95 Å². The maximum Gasteiger partial charge on any atom is 0.213 e. The molecule has 226 valence electrons. The van der Waals surface area contributed by atoms with E-state index in [2.05, 4.69) is 19.4 Å². The van der Waals surface area contributed by atoms with Crippen LogP contribution in [0.4, 0.5) is 13.2 Å². The van der Waals surface area contributed by atoms with E-state index in [1.807, 2.05) is 30.6 Å². The molecule has 1 aliphatic heterocycles. The highest BCUT2D eigenvalue weighted by molar-refractivity contribution is 5.97. The first-order valence-corrected chi connectivity index (χ1v) is 14.7. The molecule has 0 atom stereocenters. The van der Waals surface area contributed by atoms with Crippen molar-refractivity contribution in [2.75, 3.05) is 13.1 Å². The number of nitrogens with zero attached hydrogens (tertiary/aromatic N) is 7. The minimum absolute atomic E-state index is 0.0165. The van der Waals surface area contributed by atoms with Crippen molar-refractivity contribution in [2.24, 2.45) is 0 Å². The van der Waals surface area contributed by atoms with Gasteiger partial charge in [0.1, 0.15) is 17.3 Å². The second-order valence-electron chi connectivity index (χ2n) is 11.2. The maximum absolute atomic E-state index is 13.8. The summed E-state index contributed by atoms with van der Waals surface area (Å²) in [5.74, 6) is -1.56. The van der Waals surface area contributed by atoms with Gasteiger partial charge in [-0.25, -0.2) is 28.2 Å². The van der Waals surface area contributed by atoms with Crippen molar-refractivity contribution in [1.82, 2.24) is 34.0 Å². The fourth-order valence-electron chi connectivity index (χ4n) is 5.90. The molecule has 0 radical (unpaired) electrons. The second-order valence-corrected chi connectivity index (χ2v) is 11.2. The van der Waals surface area contributed by atoms with Gasteiger partial charge in [0.05, 0.1) is 36.0 Å². The van der Waals surface area contributed by atoms with Gasteiger partial charge in [0.15, 0.2) is 11.4 Å². The Kier molecular flexibility index (Phi) is 7.68. The number of pyridine rings is 1. The Morgan fingerprint density at radius 3 is 2.33 bits per heavy atom. The topological polar surface area (TPSA) is 81.2 Å². The van der Waals surface area contributed by atoms with Crippen LogP contribution in [0.15, 0.2) is 91.5 Å². The van der Waals surface area contributed by atoms with Crippen LogP contribution < -0.4 is 0 Å². The largest absolute Gasteiger partial charge is 0.326 e. The van der Waals surface area contributed by atoms with Crippen molar-refractivity contribution >= 4 is 11.4 Å². The van der Waals surface area contributed by atoms with Gasteiger partial charge in [-0.05, 0) is 73.0 Å². The molecule has 0 amide bonds. The van der Waals surface area contributed by atoms with Crippen LogP contribution in [-0.2, 0) is 13.0 Å². The van der Waals surface area contributed by atoms with Crippen LogP contribution in [0, 0.1) is 17.6 Å². The molecule has 0 N–H and O–H groups in total. The summed E-state index contributed by atoms with van der Waals surface area (Å²) in [6, 6.07) is 19.3. The number of rotatable bonds is 8. The number of piperidine rings is 1. The number of carbonyl (C=O) groups excluding carboxylic acids is 1. The SMILES string of the molecule is O=C(Cc1cn2nc(-c3c(-c4ccc(F)cc4)ncn3C3CCN(Cc4ccc(F)cc4)CC3)ccc2n1)c1ccnc(F)c1. The summed E-state index contributed by atoms with van der Waals surface area (Å²) in [5.41, 5.74) is 5.27. The Balaban J connectivity index is 1.18. The van der Waals surface area contributed by atoms with E-state index in [4.69, 9.17) is 10.1 Å². The van der Waals surface area contributed by atoms with Crippen molar-refractivity contribution in [1.29, 1.82) is 0 Å². The molecule has 1 aliphatic rings. The smallest absolute Gasteiger partial charge is 0.213 e. The first-order chi connectivity index (χ1) is 21.9. The summed E-state index contributed by atoms with van der Waals surface area (Å²) in [6.45, 7) is 2.47. The summed E-state index contributed by atoms with van der Waals surface area (Å²) in [4.78, 5) is 28.0. The molecule has 1 saturated heterocycles. The van der Waals surface area contributed by atoms with E-state index in [1.54, 1.807) is 22.8 Å². The van der Waals surface area contributed by atoms with Gasteiger partial charge >= 0.3 is 0 Å². The van der Waals surface area contributed by atoms with E-state index in [1.165, 1.54) is 36.5 Å². The lowest BCUT2D eigenvalue weighted by molar-refractivity contribution is 0.0991. The van der Waals surface area contributed by atoms with Crippen LogP contribution in [0.3, 0.4) is 0 Å². The number of aromatic nitrogens is 6. The van der Waals surface area contributed by atoms with E-state index in [0.717, 1.165) is 55.4 Å². The van der Waals surface area contributed by atoms with Gasteiger partial charge in [0, 0.05) is 49.1 Å². The number of likely N-dealkylation sites (tertiary alicyclic amines) is 1. The zero-order valence-electron chi connectivity index (χ0n) is 24.2. The van der Waals surface area contributed by atoms with Crippen molar-refractivity contribution in [2.45, 2.75) is 31.8 Å². The Morgan fingerprint density at radius 2 is 1.60 bits per heavy atom. The lowest BCUT2D eigenvalue weighted by Crippen LogP contribution is -2.34. The molecule has 0 aliphatic carbocycles. The van der Waals surface area contributed by atoms with Gasteiger partial charge in [-0.2, -0.15) is 9.49 Å². The van der Waals surface area contributed by atoms with Crippen LogP contribution >= 0.6 is 0 Å². The Bertz CT molecular complexity index is 1980. The molecule has 45 heavy (non-hydrogen) atoms. The third kappa shape index (κ3) is 6.12. The highest BCUT2D eigenvalue weighted by Gasteiger charge is 2.26. The normalized spacial score (nSPS) is 14.3. The van der Waals surface area contributed by atoms with Gasteiger partial charge in [-0.1, -0.05) is 12.1 Å². The number of halogens is 3. The molecule has 11 heteroatoms. The quantitative estimate of drug-likeness (QED) is 0.149. The van der Waals surface area contributed by atoms with Crippen molar-refractivity contribution in [3.8, 4) is 22.6 Å². The monoisotopic (exact) mass is 607 g/mol. The molecule has 5 heterocycles. The second kappa shape index (κ2) is 12.1. The van der Waals surface area contributed by atoms with Gasteiger partial charge in [0.25, 0.3) is 0 Å². The zero-order valence-corrected chi connectivity index (χ0v) is 24.2. The molecular formula is C34H28F3N7O. The molecular weight excluding hydrogens is 579 g/mol. The van der Waals surface area contributed by atoms with Crippen molar-refractivity contribution in [3.63, 3.8) is 0 Å². The Morgan fingerprint density at radius 1 is 0.867 bits per heavy atom. The number of Topliss-reactive ketones (excluding diaryl/α,β-unsaturated/α-hetero) is 1. The maximum atomic E-state index is 13.8. The van der Waals surface area contributed by atoms with Crippen LogP contribution in [0.5, 0.6) is 0 Å². The summed E-state index contributed by atoms with van der Waals surface area (Å²) >= 11 is 0. The lowest BCUT2D eigenvalue weighted by Gasteiger charge is -2.33. The van der Waals surface area contributed by atoms with E-state index >= 15 is 0 Å². The highest BCUT2D eigenvalue weighted by atomic mass is 19.1. The average molecular weight is 608 g/mol. The first kappa shape index (κ1) is 28.6. The van der Waals surface area contributed by atoms with Crippen molar-refractivity contribution in [3.05, 3.63) is 126 Å². The lowest BCUT2D eigenvalue weighted by atomic mass is 10.0. The molecule has 2 aromatic carbocycles. The molecule has 0 spiro atoms. The van der Waals surface area contributed by atoms with Crippen LogP contribution in [-0.4, -0.2) is 52.9 Å².